The van der Waals surface area contributed by atoms with Crippen LogP contribution in [0.3, 0.4) is 0 Å². The van der Waals surface area contributed by atoms with E-state index in [1.54, 1.807) is 41.8 Å². The molecule has 6 nitrogen and oxygen atoms in total. The lowest BCUT2D eigenvalue weighted by atomic mass is 10.2. The van der Waals surface area contributed by atoms with Crippen LogP contribution in [0.2, 0.25) is 0 Å². The third-order valence-electron chi connectivity index (χ3n) is 4.15. The minimum Gasteiger partial charge on any atom is -0.494 e. The first kappa shape index (κ1) is 19.9. The van der Waals surface area contributed by atoms with E-state index < -0.39 is 17.8 Å². The van der Waals surface area contributed by atoms with Crippen molar-refractivity contribution in [2.75, 3.05) is 11.9 Å². The molecule has 0 atom stereocenters. The zero-order valence-corrected chi connectivity index (χ0v) is 16.4. The number of rotatable bonds is 5. The molecule has 0 spiro atoms. The molecule has 1 N–H and O–H groups in total. The van der Waals surface area contributed by atoms with Crippen molar-refractivity contribution in [1.82, 2.24) is 14.6 Å². The van der Waals surface area contributed by atoms with Crippen LogP contribution in [0.15, 0.2) is 53.9 Å². The Morgan fingerprint density at radius 2 is 1.97 bits per heavy atom. The normalized spacial score (nSPS) is 11.6. The predicted octanol–water partition coefficient (Wildman–Crippen LogP) is 5.13. The number of alkyl halides is 3. The lowest BCUT2D eigenvalue weighted by Gasteiger charge is -2.10. The van der Waals surface area contributed by atoms with Crippen LogP contribution in [0.25, 0.3) is 16.2 Å². The molecule has 3 aromatic heterocycles. The molecule has 0 saturated heterocycles. The van der Waals surface area contributed by atoms with Crippen molar-refractivity contribution in [3.63, 3.8) is 0 Å². The summed E-state index contributed by atoms with van der Waals surface area (Å²) >= 11 is 1.27. The first-order valence-electron chi connectivity index (χ1n) is 8.91. The van der Waals surface area contributed by atoms with Crippen molar-refractivity contribution in [3.8, 4) is 16.3 Å². The van der Waals surface area contributed by atoms with Crippen molar-refractivity contribution in [2.24, 2.45) is 0 Å². The number of amides is 1. The molecule has 0 bridgehead atoms. The number of nitrogens with zero attached hydrogens (tertiary/aromatic N) is 3. The molecule has 154 valence electrons. The lowest BCUT2D eigenvalue weighted by Crippen LogP contribution is -2.15. The third-order valence-corrected chi connectivity index (χ3v) is 5.04. The summed E-state index contributed by atoms with van der Waals surface area (Å²) in [5.74, 6) is -0.00110. The summed E-state index contributed by atoms with van der Waals surface area (Å²) in [6.07, 6.45) is -4.66. The number of ether oxygens (including phenoxy) is 1. The molecule has 10 heteroatoms. The van der Waals surface area contributed by atoms with Gasteiger partial charge < -0.3 is 10.1 Å². The van der Waals surface area contributed by atoms with Gasteiger partial charge in [0.1, 0.15) is 5.75 Å². The molecule has 1 amide bonds. The second-order valence-electron chi connectivity index (χ2n) is 6.21. The van der Waals surface area contributed by atoms with Crippen molar-refractivity contribution in [1.29, 1.82) is 0 Å². The summed E-state index contributed by atoms with van der Waals surface area (Å²) in [6.45, 7) is 2.36. The Morgan fingerprint density at radius 1 is 1.20 bits per heavy atom. The molecule has 30 heavy (non-hydrogen) atoms. The molecule has 3 heterocycles. The number of anilines is 1. The van der Waals surface area contributed by atoms with Crippen LogP contribution >= 0.6 is 11.3 Å². The first-order valence-corrected chi connectivity index (χ1v) is 9.79. The monoisotopic (exact) mass is 432 g/mol. The number of benzene rings is 1. The third kappa shape index (κ3) is 3.99. The summed E-state index contributed by atoms with van der Waals surface area (Å²) in [7, 11) is 0. The standard InChI is InChI=1S/C20H15F3N4O2S/c1-2-29-13-7-5-12(6-8-13)24-19(28)15-11-18-25-14(16-4-3-9-30-16)10-17(20(21,22)23)27(18)26-15/h3-11H,2H2,1H3,(H,24,28). The number of carbonyl (C=O) groups excluding carboxylic acids is 1. The van der Waals surface area contributed by atoms with Crippen molar-refractivity contribution in [2.45, 2.75) is 13.1 Å². The Morgan fingerprint density at radius 3 is 2.60 bits per heavy atom. The minimum atomic E-state index is -4.66. The topological polar surface area (TPSA) is 68.5 Å². The van der Waals surface area contributed by atoms with Crippen LogP contribution in [-0.4, -0.2) is 27.1 Å². The lowest BCUT2D eigenvalue weighted by molar-refractivity contribution is -0.142. The van der Waals surface area contributed by atoms with Crippen molar-refractivity contribution < 1.29 is 22.7 Å². The number of hydrogen-bond donors (Lipinski definition) is 1. The van der Waals surface area contributed by atoms with Gasteiger partial charge in [-0.1, -0.05) is 6.07 Å². The summed E-state index contributed by atoms with van der Waals surface area (Å²) in [4.78, 5) is 17.4. The Kier molecular flexibility index (Phi) is 5.17. The number of halogens is 3. The summed E-state index contributed by atoms with van der Waals surface area (Å²) in [6, 6.07) is 12.2. The molecule has 4 aromatic rings. The average Bonchev–Trinajstić information content (AvgIpc) is 3.38. The number of aromatic nitrogens is 3. The maximum Gasteiger partial charge on any atom is 0.433 e. The predicted molar refractivity (Wildman–Crippen MR) is 107 cm³/mol. The number of thiophene rings is 1. The molecule has 0 unspecified atom stereocenters. The van der Waals surface area contributed by atoms with E-state index in [9.17, 15) is 18.0 Å². The van der Waals surface area contributed by atoms with E-state index in [1.165, 1.54) is 17.4 Å². The van der Waals surface area contributed by atoms with Gasteiger partial charge in [0, 0.05) is 11.8 Å². The van der Waals surface area contributed by atoms with Crippen LogP contribution < -0.4 is 10.1 Å². The van der Waals surface area contributed by atoms with Gasteiger partial charge in [-0.05, 0) is 48.7 Å². The van der Waals surface area contributed by atoms with Crippen LogP contribution in [0, 0.1) is 0 Å². The second-order valence-corrected chi connectivity index (χ2v) is 7.16. The van der Waals surface area contributed by atoms with E-state index in [4.69, 9.17) is 4.74 Å². The van der Waals surface area contributed by atoms with Gasteiger partial charge in [-0.15, -0.1) is 11.3 Å². The van der Waals surface area contributed by atoms with Gasteiger partial charge in [-0.2, -0.15) is 18.3 Å². The zero-order valence-electron chi connectivity index (χ0n) is 15.6. The minimum absolute atomic E-state index is 0.0648. The Labute approximate surface area is 172 Å². The first-order chi connectivity index (χ1) is 14.3. The summed E-state index contributed by atoms with van der Waals surface area (Å²) in [5.41, 5.74) is -0.613. The highest BCUT2D eigenvalue weighted by Gasteiger charge is 2.35. The number of hydrogen-bond acceptors (Lipinski definition) is 5. The molecule has 1 aromatic carbocycles. The molecule has 0 aliphatic carbocycles. The van der Waals surface area contributed by atoms with Crippen molar-refractivity contribution in [3.05, 3.63) is 65.3 Å². The van der Waals surface area contributed by atoms with Gasteiger partial charge in [-0.25, -0.2) is 9.50 Å². The number of nitrogens with one attached hydrogen (secondary N) is 1. The van der Waals surface area contributed by atoms with E-state index in [-0.39, 0.29) is 17.0 Å². The average molecular weight is 432 g/mol. The van der Waals surface area contributed by atoms with Gasteiger partial charge in [0.2, 0.25) is 0 Å². The van der Waals surface area contributed by atoms with Gasteiger partial charge in [0.05, 0.1) is 17.2 Å². The highest BCUT2D eigenvalue weighted by atomic mass is 32.1. The maximum atomic E-state index is 13.6. The number of fused-ring (bicyclic) bond motifs is 1. The van der Waals surface area contributed by atoms with Crippen LogP contribution in [0.1, 0.15) is 23.1 Å². The zero-order chi connectivity index (χ0) is 21.3. The molecular formula is C20H15F3N4O2S. The second kappa shape index (κ2) is 7.79. The Bertz CT molecular complexity index is 1190. The van der Waals surface area contributed by atoms with Gasteiger partial charge in [-0.3, -0.25) is 4.79 Å². The van der Waals surface area contributed by atoms with E-state index in [1.807, 2.05) is 6.92 Å². The SMILES string of the molecule is CCOc1ccc(NC(=O)c2cc3nc(-c4cccs4)cc(C(F)(F)F)n3n2)cc1. The fourth-order valence-corrected chi connectivity index (χ4v) is 3.52. The van der Waals surface area contributed by atoms with E-state index >= 15 is 0 Å². The molecule has 4 rings (SSSR count). The van der Waals surface area contributed by atoms with Crippen LogP contribution in [0.4, 0.5) is 18.9 Å². The fourth-order valence-electron chi connectivity index (χ4n) is 2.83. The highest BCUT2D eigenvalue weighted by Crippen LogP contribution is 2.33. The molecule has 0 saturated carbocycles. The Balaban J connectivity index is 1.69. The Hall–Kier alpha value is -3.40. The molecule has 0 aliphatic heterocycles. The fraction of sp³-hybridized carbons (Fsp3) is 0.150. The van der Waals surface area contributed by atoms with Gasteiger partial charge >= 0.3 is 6.18 Å². The van der Waals surface area contributed by atoms with Gasteiger partial charge in [0.25, 0.3) is 5.91 Å². The van der Waals surface area contributed by atoms with Crippen LogP contribution in [-0.2, 0) is 6.18 Å². The largest absolute Gasteiger partial charge is 0.494 e. The molecule has 0 aliphatic rings. The highest BCUT2D eigenvalue weighted by molar-refractivity contribution is 7.13. The molecule has 0 radical (unpaired) electrons. The smallest absolute Gasteiger partial charge is 0.433 e. The van der Waals surface area contributed by atoms with Crippen molar-refractivity contribution >= 4 is 28.6 Å². The van der Waals surface area contributed by atoms with Crippen LogP contribution in [0.5, 0.6) is 5.75 Å². The molecular weight excluding hydrogens is 417 g/mol. The summed E-state index contributed by atoms with van der Waals surface area (Å²) in [5, 5.41) is 8.21. The quantitative estimate of drug-likeness (QED) is 0.475. The van der Waals surface area contributed by atoms with E-state index in [2.05, 4.69) is 15.4 Å². The number of carbonyl (C=O) groups is 1. The molecule has 0 fully saturated rings. The maximum absolute atomic E-state index is 13.6. The summed E-state index contributed by atoms with van der Waals surface area (Å²) < 4.78 is 46.8. The van der Waals surface area contributed by atoms with Gasteiger partial charge in [0.15, 0.2) is 17.0 Å². The van der Waals surface area contributed by atoms with E-state index in [0.717, 1.165) is 6.07 Å². The van der Waals surface area contributed by atoms with E-state index in [0.29, 0.717) is 27.4 Å².